The second kappa shape index (κ2) is 10.4. The average Bonchev–Trinajstić information content (AvgIpc) is 3.24. The van der Waals surface area contributed by atoms with Crippen LogP contribution in [0, 0.1) is 5.92 Å². The van der Waals surface area contributed by atoms with E-state index in [9.17, 15) is 8.42 Å². The lowest BCUT2D eigenvalue weighted by Gasteiger charge is -2.23. The molecule has 31 heavy (non-hydrogen) atoms. The average molecular weight is 481 g/mol. The van der Waals surface area contributed by atoms with Crippen LogP contribution in [0.25, 0.3) is 0 Å². The molecule has 166 valence electrons. The highest BCUT2D eigenvalue weighted by atomic mass is 35.5. The molecule has 3 rings (SSSR count). The van der Waals surface area contributed by atoms with Gasteiger partial charge in [0.15, 0.2) is 5.82 Å². The van der Waals surface area contributed by atoms with Gasteiger partial charge in [-0.05, 0) is 36.5 Å². The standard InChI is InChI=1S/C20H25ClN6O2S2/c1-13(23)16(6-14-4-2-3-5-15(14)8-22)9-24-20-18(21)7-17(10-25-20)31(28,29)27-19-11-30-12-26-19/h2-5,7,10-13,16,27H,6,8-9,22-23H2,1H3,(H,24,25)/t13-,16+/m1/s1. The highest BCUT2D eigenvalue weighted by Gasteiger charge is 2.20. The van der Waals surface area contributed by atoms with Gasteiger partial charge in [0.05, 0.1) is 10.5 Å². The van der Waals surface area contributed by atoms with Crippen LogP contribution in [-0.4, -0.2) is 31.0 Å². The first-order valence-electron chi connectivity index (χ1n) is 9.63. The summed E-state index contributed by atoms with van der Waals surface area (Å²) in [5.41, 5.74) is 15.8. The van der Waals surface area contributed by atoms with Crippen molar-refractivity contribution in [2.45, 2.75) is 30.8 Å². The minimum absolute atomic E-state index is 0.0448. The number of benzene rings is 1. The van der Waals surface area contributed by atoms with Crippen molar-refractivity contribution in [2.75, 3.05) is 16.6 Å². The number of nitrogens with zero attached hydrogens (tertiary/aromatic N) is 2. The van der Waals surface area contributed by atoms with E-state index in [-0.39, 0.29) is 27.7 Å². The number of rotatable bonds is 10. The predicted molar refractivity (Wildman–Crippen MR) is 126 cm³/mol. The zero-order chi connectivity index (χ0) is 22.4. The topological polar surface area (TPSA) is 136 Å². The van der Waals surface area contributed by atoms with Crippen molar-refractivity contribution in [3.8, 4) is 0 Å². The van der Waals surface area contributed by atoms with Gasteiger partial charge < -0.3 is 16.8 Å². The molecule has 0 saturated carbocycles. The van der Waals surface area contributed by atoms with Gasteiger partial charge in [-0.15, -0.1) is 11.3 Å². The minimum atomic E-state index is -3.83. The van der Waals surface area contributed by atoms with E-state index in [4.69, 9.17) is 23.1 Å². The quantitative estimate of drug-likeness (QED) is 0.350. The number of anilines is 2. The van der Waals surface area contributed by atoms with Crippen LogP contribution in [0.15, 0.2) is 52.3 Å². The van der Waals surface area contributed by atoms with Crippen molar-refractivity contribution >= 4 is 44.6 Å². The molecule has 8 nitrogen and oxygen atoms in total. The Morgan fingerprint density at radius 1 is 1.23 bits per heavy atom. The number of pyridine rings is 1. The van der Waals surface area contributed by atoms with Gasteiger partial charge in [-0.25, -0.2) is 18.4 Å². The molecular weight excluding hydrogens is 456 g/mol. The Morgan fingerprint density at radius 2 is 1.97 bits per heavy atom. The van der Waals surface area contributed by atoms with Crippen LogP contribution in [0.5, 0.6) is 0 Å². The largest absolute Gasteiger partial charge is 0.368 e. The zero-order valence-corrected chi connectivity index (χ0v) is 19.3. The van der Waals surface area contributed by atoms with Crippen molar-refractivity contribution in [1.29, 1.82) is 0 Å². The van der Waals surface area contributed by atoms with Gasteiger partial charge in [-0.3, -0.25) is 4.72 Å². The Morgan fingerprint density at radius 3 is 2.58 bits per heavy atom. The third kappa shape index (κ3) is 6.14. The molecule has 2 atom stereocenters. The van der Waals surface area contributed by atoms with E-state index < -0.39 is 10.0 Å². The Balaban J connectivity index is 1.70. The third-order valence-electron chi connectivity index (χ3n) is 4.89. The second-order valence-corrected chi connectivity index (χ2v) is 9.97. The SMILES string of the molecule is C[C@@H](N)[C@H](CNc1ncc(S(=O)(=O)Nc2cscn2)cc1Cl)Cc1ccccc1CN. The summed E-state index contributed by atoms with van der Waals surface area (Å²) in [6.45, 7) is 2.94. The Hall–Kier alpha value is -2.24. The smallest absolute Gasteiger partial charge is 0.264 e. The number of hydrogen-bond acceptors (Lipinski definition) is 8. The number of hydrogen-bond donors (Lipinski definition) is 4. The van der Waals surface area contributed by atoms with Crippen molar-refractivity contribution in [2.24, 2.45) is 17.4 Å². The van der Waals surface area contributed by atoms with Crippen LogP contribution in [0.1, 0.15) is 18.1 Å². The van der Waals surface area contributed by atoms with Crippen LogP contribution in [-0.2, 0) is 23.0 Å². The fourth-order valence-corrected chi connectivity index (χ4v) is 4.89. The molecule has 0 unspecified atom stereocenters. The van der Waals surface area contributed by atoms with Gasteiger partial charge in [0.25, 0.3) is 10.0 Å². The van der Waals surface area contributed by atoms with E-state index >= 15 is 0 Å². The van der Waals surface area contributed by atoms with E-state index in [1.807, 2.05) is 25.1 Å². The number of thiazole rings is 1. The number of nitrogens with one attached hydrogen (secondary N) is 2. The van der Waals surface area contributed by atoms with E-state index in [0.29, 0.717) is 18.9 Å². The van der Waals surface area contributed by atoms with Crippen LogP contribution < -0.4 is 21.5 Å². The lowest BCUT2D eigenvalue weighted by atomic mass is 9.91. The maximum absolute atomic E-state index is 12.5. The summed E-state index contributed by atoms with van der Waals surface area (Å²) in [6, 6.07) is 9.29. The molecule has 0 amide bonds. The number of halogens is 1. The van der Waals surface area contributed by atoms with Crippen LogP contribution in [0.4, 0.5) is 11.6 Å². The normalized spacial score (nSPS) is 13.5. The molecule has 3 aromatic rings. The molecule has 0 saturated heterocycles. The zero-order valence-electron chi connectivity index (χ0n) is 17.0. The monoisotopic (exact) mass is 480 g/mol. The maximum atomic E-state index is 12.5. The fraction of sp³-hybridized carbons (Fsp3) is 0.300. The van der Waals surface area contributed by atoms with Crippen molar-refractivity contribution in [3.63, 3.8) is 0 Å². The van der Waals surface area contributed by atoms with Crippen LogP contribution in [0.3, 0.4) is 0 Å². The molecule has 0 spiro atoms. The molecule has 0 aliphatic carbocycles. The van der Waals surface area contributed by atoms with Gasteiger partial charge in [-0.1, -0.05) is 35.9 Å². The molecule has 11 heteroatoms. The first-order valence-corrected chi connectivity index (χ1v) is 12.4. The molecule has 1 aromatic carbocycles. The summed E-state index contributed by atoms with van der Waals surface area (Å²) in [5, 5.41) is 4.99. The predicted octanol–water partition coefficient (Wildman–Crippen LogP) is 3.07. The van der Waals surface area contributed by atoms with Gasteiger partial charge in [0.1, 0.15) is 10.7 Å². The lowest BCUT2D eigenvalue weighted by molar-refractivity contribution is 0.460. The molecule has 0 bridgehead atoms. The van der Waals surface area contributed by atoms with Crippen LogP contribution in [0.2, 0.25) is 5.02 Å². The maximum Gasteiger partial charge on any atom is 0.264 e. The minimum Gasteiger partial charge on any atom is -0.368 e. The van der Waals surface area contributed by atoms with Crippen molar-refractivity contribution in [1.82, 2.24) is 9.97 Å². The number of sulfonamides is 1. The molecule has 2 heterocycles. The Kier molecular flexibility index (Phi) is 7.84. The molecular formula is C20H25ClN6O2S2. The molecule has 0 aliphatic rings. The first-order chi connectivity index (χ1) is 14.8. The summed E-state index contributed by atoms with van der Waals surface area (Å²) in [4.78, 5) is 8.08. The number of aromatic nitrogens is 2. The third-order valence-corrected chi connectivity index (χ3v) is 7.09. The molecule has 2 aromatic heterocycles. The van der Waals surface area contributed by atoms with E-state index in [0.717, 1.165) is 17.5 Å². The highest BCUT2D eigenvalue weighted by Crippen LogP contribution is 2.25. The fourth-order valence-electron chi connectivity index (χ4n) is 3.07. The van der Waals surface area contributed by atoms with Crippen molar-refractivity contribution in [3.05, 3.63) is 63.6 Å². The van der Waals surface area contributed by atoms with E-state index in [2.05, 4.69) is 26.1 Å². The molecule has 0 radical (unpaired) electrons. The van der Waals surface area contributed by atoms with Gasteiger partial charge in [0, 0.05) is 30.7 Å². The summed E-state index contributed by atoms with van der Waals surface area (Å²) >= 11 is 7.60. The van der Waals surface area contributed by atoms with Gasteiger partial charge in [0.2, 0.25) is 0 Å². The molecule has 6 N–H and O–H groups in total. The van der Waals surface area contributed by atoms with Crippen molar-refractivity contribution < 1.29 is 8.42 Å². The Labute approximate surface area is 191 Å². The lowest BCUT2D eigenvalue weighted by Crippen LogP contribution is -2.34. The van der Waals surface area contributed by atoms with E-state index in [1.165, 1.54) is 29.1 Å². The summed E-state index contributed by atoms with van der Waals surface area (Å²) in [7, 11) is -3.83. The summed E-state index contributed by atoms with van der Waals surface area (Å²) < 4.78 is 27.4. The highest BCUT2D eigenvalue weighted by molar-refractivity contribution is 7.92. The molecule has 0 fully saturated rings. The molecule has 0 aliphatic heterocycles. The first kappa shape index (κ1) is 23.4. The summed E-state index contributed by atoms with van der Waals surface area (Å²) in [6.07, 6.45) is 2.01. The second-order valence-electron chi connectivity index (χ2n) is 7.16. The van der Waals surface area contributed by atoms with E-state index in [1.54, 1.807) is 5.38 Å². The van der Waals surface area contributed by atoms with Crippen LogP contribution >= 0.6 is 22.9 Å². The number of nitrogens with two attached hydrogens (primary N) is 2. The van der Waals surface area contributed by atoms with Gasteiger partial charge in [-0.2, -0.15) is 0 Å². The summed E-state index contributed by atoms with van der Waals surface area (Å²) in [5.74, 6) is 0.744. The Bertz CT molecular complexity index is 1110. The van der Waals surface area contributed by atoms with Gasteiger partial charge >= 0.3 is 0 Å².